The molecule has 3 aromatic carbocycles. The molecule has 1 aliphatic heterocycles. The number of rotatable bonds is 9. The number of nitrogens with zero attached hydrogens (tertiary/aromatic N) is 1. The molecule has 0 saturated carbocycles. The van der Waals surface area contributed by atoms with Crippen LogP contribution in [0.1, 0.15) is 30.0 Å². The fraction of sp³-hybridized carbons (Fsp3) is 0.233. The fourth-order valence-corrected chi connectivity index (χ4v) is 14.9. The second-order valence-corrected chi connectivity index (χ2v) is 21.7. The molecule has 0 spiro atoms. The fourth-order valence-electron chi connectivity index (χ4n) is 5.23. The van der Waals surface area contributed by atoms with Gasteiger partial charge in [-0.2, -0.15) is 0 Å². The van der Waals surface area contributed by atoms with E-state index in [4.69, 9.17) is 14.6 Å². The van der Waals surface area contributed by atoms with Crippen LogP contribution in [0.2, 0.25) is 3.93 Å². The van der Waals surface area contributed by atoms with Crippen molar-refractivity contribution in [2.75, 3.05) is 12.4 Å². The number of aromatic nitrogens is 1. The van der Waals surface area contributed by atoms with Crippen LogP contribution in [0.3, 0.4) is 0 Å². The number of carbonyl (C=O) groups is 2. The molecule has 5 rings (SSSR count). The average molecular weight is 729 g/mol. The Hall–Kier alpha value is -3.23. The quantitative estimate of drug-likeness (QED) is 0.190. The Morgan fingerprint density at radius 1 is 1.08 bits per heavy atom. The molecular weight excluding hydrogens is 701 g/mol. The number of anilines is 1. The molecule has 1 amide bonds. The summed E-state index contributed by atoms with van der Waals surface area (Å²) in [6, 6.07) is 19.5. The molecular formula is C30H28HgN2O5S. The Bertz CT molecular complexity index is 1470. The van der Waals surface area contributed by atoms with Gasteiger partial charge in [-0.3, -0.25) is 4.79 Å². The number of methoxy groups -OCH3 is 1. The number of benzene rings is 3. The number of aryl methyl sites for hydroxylation is 1. The van der Waals surface area contributed by atoms with Gasteiger partial charge in [-0.05, 0) is 5.56 Å². The van der Waals surface area contributed by atoms with Crippen LogP contribution in [0.25, 0.3) is 11.1 Å². The molecule has 2 heterocycles. The van der Waals surface area contributed by atoms with Crippen LogP contribution in [0, 0.1) is 0 Å². The third-order valence-electron chi connectivity index (χ3n) is 7.17. The predicted octanol–water partition coefficient (Wildman–Crippen LogP) is 6.54. The van der Waals surface area contributed by atoms with Crippen molar-refractivity contribution in [3.8, 4) is 28.4 Å². The molecule has 4 aromatic rings. The van der Waals surface area contributed by atoms with E-state index in [0.717, 1.165) is 23.1 Å². The van der Waals surface area contributed by atoms with Crippen molar-refractivity contribution in [1.29, 1.82) is 0 Å². The van der Waals surface area contributed by atoms with Gasteiger partial charge in [-0.25, -0.2) is 0 Å². The molecule has 0 unspecified atom stereocenters. The predicted molar refractivity (Wildman–Crippen MR) is 148 cm³/mol. The zero-order valence-electron chi connectivity index (χ0n) is 21.9. The first-order valence-corrected chi connectivity index (χ1v) is 20.3. The number of hydrogen-bond donors (Lipinski definition) is 2. The maximum atomic E-state index is 12.9. The molecule has 1 aromatic heterocycles. The van der Waals surface area contributed by atoms with Gasteiger partial charge < -0.3 is 5.11 Å². The third kappa shape index (κ3) is 6.50. The van der Waals surface area contributed by atoms with E-state index in [0.29, 0.717) is 28.8 Å². The van der Waals surface area contributed by atoms with Crippen molar-refractivity contribution in [2.45, 2.75) is 33.0 Å². The van der Waals surface area contributed by atoms with Gasteiger partial charge in [0.15, 0.2) is 0 Å². The number of carbonyl (C=O) groups excluding carboxylic acids is 1. The number of thiazole rings is 1. The van der Waals surface area contributed by atoms with E-state index in [1.165, 1.54) is 26.4 Å². The van der Waals surface area contributed by atoms with Gasteiger partial charge >= 0.3 is 223 Å². The second-order valence-electron chi connectivity index (χ2n) is 10.0. The average Bonchev–Trinajstić information content (AvgIpc) is 3.42. The summed E-state index contributed by atoms with van der Waals surface area (Å²) in [5.74, 6) is 1.17. The summed E-state index contributed by atoms with van der Waals surface area (Å²) in [5.41, 5.74) is 5.22. The first-order chi connectivity index (χ1) is 18.8. The Labute approximate surface area is 243 Å². The van der Waals surface area contributed by atoms with Crippen LogP contribution in [-0.4, -0.2) is 29.1 Å². The first-order valence-electron chi connectivity index (χ1n) is 12.8. The van der Waals surface area contributed by atoms with Gasteiger partial charge in [0, 0.05) is 0 Å². The number of aliphatic carboxylic acids is 1. The number of fused-ring (bicyclic) bond motifs is 1. The van der Waals surface area contributed by atoms with Gasteiger partial charge in [-0.15, -0.1) is 0 Å². The number of amides is 1. The third-order valence-corrected chi connectivity index (χ3v) is 17.3. The number of hydrogen-bond acceptors (Lipinski definition) is 6. The monoisotopic (exact) mass is 730 g/mol. The molecule has 39 heavy (non-hydrogen) atoms. The molecule has 0 fully saturated rings. The van der Waals surface area contributed by atoms with Gasteiger partial charge in [0.1, 0.15) is 0 Å². The summed E-state index contributed by atoms with van der Waals surface area (Å²) in [7, 11) is 1.65. The van der Waals surface area contributed by atoms with Gasteiger partial charge in [0.05, 0.1) is 6.42 Å². The van der Waals surface area contributed by atoms with Crippen molar-refractivity contribution in [1.82, 2.24) is 4.98 Å². The number of carboxylic acids is 1. The molecule has 1 aliphatic rings. The van der Waals surface area contributed by atoms with E-state index < -0.39 is 30.5 Å². The van der Waals surface area contributed by atoms with Gasteiger partial charge in [0.25, 0.3) is 0 Å². The summed E-state index contributed by atoms with van der Waals surface area (Å²) in [5, 5.41) is 14.4. The van der Waals surface area contributed by atoms with Crippen molar-refractivity contribution in [2.24, 2.45) is 0 Å². The van der Waals surface area contributed by atoms with E-state index in [1.807, 2.05) is 53.9 Å². The molecule has 1 atom stereocenters. The zero-order valence-corrected chi connectivity index (χ0v) is 28.2. The summed E-state index contributed by atoms with van der Waals surface area (Å²) in [4.78, 5) is 28.0. The Balaban J connectivity index is 1.36. The van der Waals surface area contributed by atoms with Crippen molar-refractivity contribution in [3.63, 3.8) is 0 Å². The van der Waals surface area contributed by atoms with E-state index in [1.54, 1.807) is 13.3 Å². The Morgan fingerprint density at radius 3 is 2.44 bits per heavy atom. The summed E-state index contributed by atoms with van der Waals surface area (Å²) in [6.07, 6.45) is 3.18. The molecule has 2 N–H and O–H groups in total. The van der Waals surface area contributed by atoms with Crippen LogP contribution >= 0.6 is 11.3 Å². The number of nitrogens with one attached hydrogen (secondary N) is 1. The first kappa shape index (κ1) is 27.3. The van der Waals surface area contributed by atoms with Crippen LogP contribution < -0.4 is 14.8 Å². The topological polar surface area (TPSA) is 97.8 Å². The van der Waals surface area contributed by atoms with E-state index in [2.05, 4.69) is 29.4 Å². The molecule has 0 aliphatic carbocycles. The molecule has 7 nitrogen and oxygen atoms in total. The maximum absolute atomic E-state index is 12.9. The standard InChI is InChI=1S/C30H28N2O5S.Hg/c1-4-21-17-26(36-3)27(18-25(21)19(2)15-28(33)32-30-31-13-14-38-30)37-24-11-9-23(10-12-24)22-7-5-20(6-8-22)16-29(34)35;/h5-14,17-18H,1,4,15-16H2,2-3H3,(H,34,35)(H,31,32,33);. The van der Waals surface area contributed by atoms with E-state index >= 15 is 0 Å². The van der Waals surface area contributed by atoms with Gasteiger partial charge in [-0.1, -0.05) is 0 Å². The van der Waals surface area contributed by atoms with Crippen LogP contribution in [-0.2, 0) is 49.9 Å². The van der Waals surface area contributed by atoms with Crippen molar-refractivity contribution >= 4 is 28.3 Å². The molecule has 9 heteroatoms. The van der Waals surface area contributed by atoms with Crippen molar-refractivity contribution in [3.05, 3.63) is 88.9 Å². The summed E-state index contributed by atoms with van der Waals surface area (Å²) in [6.45, 7) is 2.24. The summed E-state index contributed by atoms with van der Waals surface area (Å²) >= 11 is -0.00706. The number of ether oxygens (including phenoxy) is 2. The zero-order chi connectivity index (χ0) is 27.4. The minimum atomic E-state index is -1.43. The minimum absolute atomic E-state index is 0.00479. The van der Waals surface area contributed by atoms with E-state index in [9.17, 15) is 9.59 Å². The molecule has 0 bridgehead atoms. The van der Waals surface area contributed by atoms with Crippen LogP contribution in [0.5, 0.6) is 17.2 Å². The van der Waals surface area contributed by atoms with Crippen molar-refractivity contribution < 1.29 is 48.7 Å². The molecule has 0 radical (unpaired) electrons. The SMILES string of the molecule is COc1cc2c(cc1Oc1ccc(-c3ccc(CC(=O)O)cc3)cc1)[C@@](C)(CC(=O)Nc1nccs1)[Hg][CH2]C2. The van der Waals surface area contributed by atoms with Crippen LogP contribution in [0.15, 0.2) is 72.2 Å². The number of carboxylic acid groups (broad SMARTS) is 1. The Morgan fingerprint density at radius 2 is 1.79 bits per heavy atom. The summed E-state index contributed by atoms with van der Waals surface area (Å²) < 4.78 is 13.1. The molecule has 196 valence electrons. The molecule has 0 saturated heterocycles. The van der Waals surface area contributed by atoms with E-state index in [-0.39, 0.29) is 15.3 Å². The second kappa shape index (κ2) is 11.9. The normalized spacial score (nSPS) is 15.8. The Kier molecular flexibility index (Phi) is 8.33. The van der Waals surface area contributed by atoms with Crippen LogP contribution in [0.4, 0.5) is 5.13 Å². The van der Waals surface area contributed by atoms with Gasteiger partial charge in [0.2, 0.25) is 0 Å².